The topological polar surface area (TPSA) is 84.2 Å². The van der Waals surface area contributed by atoms with E-state index in [0.29, 0.717) is 27.7 Å². The van der Waals surface area contributed by atoms with Gasteiger partial charge >= 0.3 is 0 Å². The fourth-order valence-electron chi connectivity index (χ4n) is 3.67. The van der Waals surface area contributed by atoms with E-state index in [-0.39, 0.29) is 36.3 Å². The van der Waals surface area contributed by atoms with Crippen LogP contribution in [0.25, 0.3) is 11.0 Å². The molecule has 0 radical (unpaired) electrons. The van der Waals surface area contributed by atoms with Crippen LogP contribution in [0, 0.1) is 13.8 Å². The highest BCUT2D eigenvalue weighted by atomic mass is 16.3. The third kappa shape index (κ3) is 3.62. The third-order valence-corrected chi connectivity index (χ3v) is 5.68. The van der Waals surface area contributed by atoms with E-state index in [4.69, 9.17) is 0 Å². The molecule has 2 aromatic carbocycles. The van der Waals surface area contributed by atoms with Crippen molar-refractivity contribution >= 4 is 22.7 Å². The van der Waals surface area contributed by atoms with E-state index in [0.717, 1.165) is 24.2 Å². The molecule has 0 unspecified atom stereocenters. The molecule has 29 heavy (non-hydrogen) atoms. The number of phenols is 1. The molecule has 0 bridgehead atoms. The molecule has 0 spiro atoms. The monoisotopic (exact) mass is 391 g/mol. The molecule has 1 aliphatic carbocycles. The molecule has 1 fully saturated rings. The van der Waals surface area contributed by atoms with Gasteiger partial charge in [0.2, 0.25) is 0 Å². The van der Waals surface area contributed by atoms with Crippen LogP contribution in [0.5, 0.6) is 5.75 Å². The van der Waals surface area contributed by atoms with Crippen molar-refractivity contribution in [2.24, 2.45) is 7.05 Å². The Balaban J connectivity index is 1.71. The molecule has 6 heteroatoms. The lowest BCUT2D eigenvalue weighted by molar-refractivity contribution is 0.0944. The number of hydrogen-bond donors (Lipinski definition) is 2. The zero-order valence-corrected chi connectivity index (χ0v) is 17.0. The molecule has 1 aliphatic rings. The number of benzene rings is 2. The van der Waals surface area contributed by atoms with Crippen molar-refractivity contribution in [3.05, 3.63) is 58.4 Å². The Morgan fingerprint density at radius 3 is 2.62 bits per heavy atom. The first-order valence-electron chi connectivity index (χ1n) is 9.94. The summed E-state index contributed by atoms with van der Waals surface area (Å²) in [5.41, 5.74) is 3.66. The summed E-state index contributed by atoms with van der Waals surface area (Å²) in [5.74, 6) is 0.525. The Morgan fingerprint density at radius 1 is 1.21 bits per heavy atom. The number of rotatable bonds is 6. The molecule has 1 heterocycles. The van der Waals surface area contributed by atoms with Crippen molar-refractivity contribution in [2.75, 3.05) is 0 Å². The standard InChI is InChI=1S/C23H25N3O3/c1-13-6-4-5-7-16(13)20(27)11-10-17-18(23(29)25-15-8-9-15)12-19-21(22(17)28)24-14(2)26(19)3/h4-7,12,15,28H,8-11H2,1-3H3,(H,25,29). The first kappa shape index (κ1) is 19.2. The number of hydrogen-bond acceptors (Lipinski definition) is 4. The van der Waals surface area contributed by atoms with Crippen LogP contribution < -0.4 is 5.32 Å². The summed E-state index contributed by atoms with van der Waals surface area (Å²) in [6.07, 6.45) is 2.44. The molecular weight excluding hydrogens is 366 g/mol. The Labute approximate surface area is 169 Å². The van der Waals surface area contributed by atoms with Gasteiger partial charge in [0, 0.05) is 36.2 Å². The summed E-state index contributed by atoms with van der Waals surface area (Å²) in [6, 6.07) is 9.44. The molecule has 1 saturated carbocycles. The summed E-state index contributed by atoms with van der Waals surface area (Å²) in [4.78, 5) is 30.0. The fraction of sp³-hybridized carbons (Fsp3) is 0.348. The van der Waals surface area contributed by atoms with Gasteiger partial charge in [0.1, 0.15) is 17.1 Å². The highest BCUT2D eigenvalue weighted by Crippen LogP contribution is 2.33. The van der Waals surface area contributed by atoms with Crippen molar-refractivity contribution < 1.29 is 14.7 Å². The smallest absolute Gasteiger partial charge is 0.251 e. The molecule has 150 valence electrons. The molecule has 4 rings (SSSR count). The number of imidazole rings is 1. The third-order valence-electron chi connectivity index (χ3n) is 5.68. The van der Waals surface area contributed by atoms with E-state index < -0.39 is 0 Å². The second kappa shape index (κ2) is 7.35. The molecule has 1 aromatic heterocycles. The Kier molecular flexibility index (Phi) is 4.86. The fourth-order valence-corrected chi connectivity index (χ4v) is 3.67. The quantitative estimate of drug-likeness (QED) is 0.629. The Bertz CT molecular complexity index is 1130. The van der Waals surface area contributed by atoms with E-state index in [1.54, 1.807) is 6.07 Å². The number of phenolic OH excluding ortho intramolecular Hbond substituents is 1. The van der Waals surface area contributed by atoms with E-state index in [2.05, 4.69) is 10.3 Å². The van der Waals surface area contributed by atoms with Crippen LogP contribution in [-0.4, -0.2) is 32.4 Å². The average Bonchev–Trinajstić information content (AvgIpc) is 3.46. The lowest BCUT2D eigenvalue weighted by atomic mass is 9.95. The van der Waals surface area contributed by atoms with Gasteiger partial charge < -0.3 is 15.0 Å². The molecule has 6 nitrogen and oxygen atoms in total. The SMILES string of the molecule is Cc1ccccc1C(=O)CCc1c(C(=O)NC2CC2)cc2c(nc(C)n2C)c1O. The zero-order valence-electron chi connectivity index (χ0n) is 17.0. The lowest BCUT2D eigenvalue weighted by Gasteiger charge is -2.13. The predicted molar refractivity (Wildman–Crippen MR) is 111 cm³/mol. The zero-order chi connectivity index (χ0) is 20.7. The number of amides is 1. The summed E-state index contributed by atoms with van der Waals surface area (Å²) < 4.78 is 1.85. The van der Waals surface area contributed by atoms with Gasteiger partial charge in [-0.25, -0.2) is 4.98 Å². The van der Waals surface area contributed by atoms with Crippen molar-refractivity contribution in [2.45, 2.75) is 45.6 Å². The normalized spacial score (nSPS) is 13.6. The molecule has 3 aromatic rings. The van der Waals surface area contributed by atoms with Gasteiger partial charge in [0.25, 0.3) is 5.91 Å². The number of carbonyl (C=O) groups excluding carboxylic acids is 2. The number of aryl methyl sites for hydroxylation is 3. The summed E-state index contributed by atoms with van der Waals surface area (Å²) in [5, 5.41) is 13.9. The molecule has 2 N–H and O–H groups in total. The van der Waals surface area contributed by atoms with Crippen LogP contribution in [0.1, 0.15) is 56.9 Å². The average molecular weight is 391 g/mol. The van der Waals surface area contributed by atoms with Crippen molar-refractivity contribution in [1.29, 1.82) is 0 Å². The summed E-state index contributed by atoms with van der Waals surface area (Å²) in [6.45, 7) is 3.76. The van der Waals surface area contributed by atoms with Gasteiger partial charge in [-0.15, -0.1) is 0 Å². The van der Waals surface area contributed by atoms with Crippen LogP contribution >= 0.6 is 0 Å². The predicted octanol–water partition coefficient (Wildman–Crippen LogP) is 3.60. The molecule has 1 amide bonds. The second-order valence-electron chi connectivity index (χ2n) is 7.82. The minimum absolute atomic E-state index is 0.00616. The largest absolute Gasteiger partial charge is 0.505 e. The van der Waals surface area contributed by atoms with Gasteiger partial charge in [0.05, 0.1) is 5.52 Å². The number of ketones is 1. The van der Waals surface area contributed by atoms with E-state index in [1.807, 2.05) is 49.7 Å². The summed E-state index contributed by atoms with van der Waals surface area (Å²) >= 11 is 0. The van der Waals surface area contributed by atoms with Crippen LogP contribution in [0.15, 0.2) is 30.3 Å². The maximum absolute atomic E-state index is 12.9. The maximum Gasteiger partial charge on any atom is 0.251 e. The van der Waals surface area contributed by atoms with Gasteiger partial charge in [-0.2, -0.15) is 0 Å². The van der Waals surface area contributed by atoms with Gasteiger partial charge in [-0.05, 0) is 44.7 Å². The van der Waals surface area contributed by atoms with Crippen molar-refractivity contribution in [3.63, 3.8) is 0 Å². The van der Waals surface area contributed by atoms with Crippen LogP contribution in [-0.2, 0) is 13.5 Å². The Hall–Kier alpha value is -3.15. The first-order chi connectivity index (χ1) is 13.9. The minimum Gasteiger partial charge on any atom is -0.505 e. The van der Waals surface area contributed by atoms with E-state index >= 15 is 0 Å². The number of aromatic hydroxyl groups is 1. The Morgan fingerprint density at radius 2 is 1.93 bits per heavy atom. The number of carbonyl (C=O) groups is 2. The van der Waals surface area contributed by atoms with Crippen molar-refractivity contribution in [3.8, 4) is 5.75 Å². The first-order valence-corrected chi connectivity index (χ1v) is 9.94. The number of nitrogens with zero attached hydrogens (tertiary/aromatic N) is 2. The molecular formula is C23H25N3O3. The number of Topliss-reactive ketones (excluding diaryl/α,β-unsaturated/α-hetero) is 1. The van der Waals surface area contributed by atoms with Crippen LogP contribution in [0.4, 0.5) is 0 Å². The summed E-state index contributed by atoms with van der Waals surface area (Å²) in [7, 11) is 1.86. The number of aromatic nitrogens is 2. The lowest BCUT2D eigenvalue weighted by Crippen LogP contribution is -2.26. The van der Waals surface area contributed by atoms with Crippen molar-refractivity contribution in [1.82, 2.24) is 14.9 Å². The second-order valence-corrected chi connectivity index (χ2v) is 7.82. The van der Waals surface area contributed by atoms with E-state index in [1.165, 1.54) is 0 Å². The highest BCUT2D eigenvalue weighted by molar-refractivity contribution is 6.02. The highest BCUT2D eigenvalue weighted by Gasteiger charge is 2.27. The van der Waals surface area contributed by atoms with Gasteiger partial charge in [0.15, 0.2) is 5.78 Å². The maximum atomic E-state index is 12.9. The minimum atomic E-state index is -0.207. The van der Waals surface area contributed by atoms with Crippen LogP contribution in [0.3, 0.4) is 0 Å². The molecule has 0 atom stereocenters. The molecule has 0 saturated heterocycles. The van der Waals surface area contributed by atoms with Gasteiger partial charge in [-0.3, -0.25) is 9.59 Å². The number of nitrogens with one attached hydrogen (secondary N) is 1. The number of fused-ring (bicyclic) bond motifs is 1. The van der Waals surface area contributed by atoms with Crippen LogP contribution in [0.2, 0.25) is 0 Å². The van der Waals surface area contributed by atoms with Gasteiger partial charge in [-0.1, -0.05) is 24.3 Å². The van der Waals surface area contributed by atoms with E-state index in [9.17, 15) is 14.7 Å². The molecule has 0 aliphatic heterocycles.